The molecule has 0 aromatic heterocycles. The van der Waals surface area contributed by atoms with Gasteiger partial charge >= 0.3 is 0 Å². The lowest BCUT2D eigenvalue weighted by molar-refractivity contribution is -0.108. The Morgan fingerprint density at radius 1 is 0.793 bits per heavy atom. The van der Waals surface area contributed by atoms with Gasteiger partial charge in [-0.25, -0.2) is 0 Å². The lowest BCUT2D eigenvalue weighted by Gasteiger charge is -2.42. The molecule has 1 atom stereocenters. The molecule has 0 N–H and O–H groups in total. The number of hydrogen-bond donors (Lipinski definition) is 0. The van der Waals surface area contributed by atoms with Crippen molar-refractivity contribution >= 4 is 17.7 Å². The van der Waals surface area contributed by atoms with Crippen LogP contribution in [0.2, 0.25) is 0 Å². The zero-order chi connectivity index (χ0) is 19.9. The van der Waals surface area contributed by atoms with Gasteiger partial charge in [0, 0.05) is 63.1 Å². The van der Waals surface area contributed by atoms with E-state index in [2.05, 4.69) is 69.3 Å². The van der Waals surface area contributed by atoms with Gasteiger partial charge in [0.25, 0.3) is 0 Å². The Morgan fingerprint density at radius 3 is 2.17 bits per heavy atom. The van der Waals surface area contributed by atoms with Crippen molar-refractivity contribution in [3.63, 3.8) is 0 Å². The fourth-order valence-corrected chi connectivity index (χ4v) is 4.75. The normalized spacial score (nSPS) is 20.6. The molecule has 154 valence electrons. The van der Waals surface area contributed by atoms with Gasteiger partial charge in [0.2, 0.25) is 0 Å². The van der Waals surface area contributed by atoms with E-state index in [-0.39, 0.29) is 0 Å². The molecular formula is C25H33N3O. The minimum absolute atomic E-state index is 0.438. The van der Waals surface area contributed by atoms with Crippen LogP contribution in [0.15, 0.2) is 54.6 Å². The van der Waals surface area contributed by atoms with Crippen molar-refractivity contribution in [3.8, 4) is 0 Å². The SMILES string of the molecule is O=CCCN1CCN(c2ccc(N3CCCCC3)cc2)CC1Cc1ccccc1. The van der Waals surface area contributed by atoms with Gasteiger partial charge in [0.15, 0.2) is 0 Å². The largest absolute Gasteiger partial charge is 0.372 e. The molecule has 2 aromatic carbocycles. The number of piperazine rings is 1. The second-order valence-electron chi connectivity index (χ2n) is 8.34. The van der Waals surface area contributed by atoms with Gasteiger partial charge in [-0.1, -0.05) is 30.3 Å². The minimum atomic E-state index is 0.438. The number of benzene rings is 2. The van der Waals surface area contributed by atoms with Gasteiger partial charge in [-0.2, -0.15) is 0 Å². The first-order valence-electron chi connectivity index (χ1n) is 11.1. The average molecular weight is 392 g/mol. The van der Waals surface area contributed by atoms with Crippen LogP contribution < -0.4 is 9.80 Å². The smallest absolute Gasteiger partial charge is 0.121 e. The molecule has 0 bridgehead atoms. The third-order valence-corrected chi connectivity index (χ3v) is 6.39. The molecule has 1 unspecified atom stereocenters. The maximum absolute atomic E-state index is 10.9. The summed E-state index contributed by atoms with van der Waals surface area (Å²) < 4.78 is 0. The van der Waals surface area contributed by atoms with Gasteiger partial charge < -0.3 is 14.6 Å². The molecule has 0 aliphatic carbocycles. The monoisotopic (exact) mass is 391 g/mol. The summed E-state index contributed by atoms with van der Waals surface area (Å²) in [5.74, 6) is 0. The highest BCUT2D eigenvalue weighted by atomic mass is 16.1. The first-order valence-corrected chi connectivity index (χ1v) is 11.1. The van der Waals surface area contributed by atoms with Crippen LogP contribution in [0.25, 0.3) is 0 Å². The fraction of sp³-hybridized carbons (Fsp3) is 0.480. The average Bonchev–Trinajstić information content (AvgIpc) is 2.80. The van der Waals surface area contributed by atoms with Gasteiger partial charge in [0.05, 0.1) is 0 Å². The van der Waals surface area contributed by atoms with E-state index in [1.165, 1.54) is 49.3 Å². The summed E-state index contributed by atoms with van der Waals surface area (Å²) >= 11 is 0. The lowest BCUT2D eigenvalue weighted by atomic mass is 10.0. The number of piperidine rings is 1. The summed E-state index contributed by atoms with van der Waals surface area (Å²) in [5, 5.41) is 0. The Labute approximate surface area is 175 Å². The first kappa shape index (κ1) is 20.0. The highest BCUT2D eigenvalue weighted by molar-refractivity contribution is 5.57. The second-order valence-corrected chi connectivity index (χ2v) is 8.34. The van der Waals surface area contributed by atoms with E-state index in [1.54, 1.807) is 0 Å². The Kier molecular flexibility index (Phi) is 6.83. The molecular weight excluding hydrogens is 358 g/mol. The summed E-state index contributed by atoms with van der Waals surface area (Å²) in [6.07, 6.45) is 6.69. The number of nitrogens with zero attached hydrogens (tertiary/aromatic N) is 3. The van der Waals surface area contributed by atoms with Gasteiger partial charge in [0.1, 0.15) is 6.29 Å². The van der Waals surface area contributed by atoms with Gasteiger partial charge in [-0.05, 0) is 55.5 Å². The molecule has 29 heavy (non-hydrogen) atoms. The maximum Gasteiger partial charge on any atom is 0.121 e. The third-order valence-electron chi connectivity index (χ3n) is 6.39. The Balaban J connectivity index is 1.44. The van der Waals surface area contributed by atoms with E-state index in [0.29, 0.717) is 12.5 Å². The molecule has 2 fully saturated rings. The molecule has 0 saturated carbocycles. The van der Waals surface area contributed by atoms with Crippen molar-refractivity contribution < 1.29 is 4.79 Å². The molecule has 0 amide bonds. The van der Waals surface area contributed by atoms with E-state index in [4.69, 9.17) is 0 Å². The van der Waals surface area contributed by atoms with E-state index < -0.39 is 0 Å². The lowest BCUT2D eigenvalue weighted by Crippen LogP contribution is -2.54. The topological polar surface area (TPSA) is 26.8 Å². The van der Waals surface area contributed by atoms with E-state index in [1.807, 2.05) is 0 Å². The van der Waals surface area contributed by atoms with Crippen molar-refractivity contribution in [1.29, 1.82) is 0 Å². The summed E-state index contributed by atoms with van der Waals surface area (Å²) in [7, 11) is 0. The number of hydrogen-bond acceptors (Lipinski definition) is 4. The van der Waals surface area contributed by atoms with Crippen molar-refractivity contribution in [2.45, 2.75) is 38.1 Å². The predicted octanol–water partition coefficient (Wildman–Crippen LogP) is 4.00. The molecule has 0 radical (unpaired) electrons. The number of carbonyl (C=O) groups is 1. The highest BCUT2D eigenvalue weighted by Gasteiger charge is 2.27. The quantitative estimate of drug-likeness (QED) is 0.667. The maximum atomic E-state index is 10.9. The van der Waals surface area contributed by atoms with Gasteiger partial charge in [-0.15, -0.1) is 0 Å². The minimum Gasteiger partial charge on any atom is -0.372 e. The molecule has 2 aliphatic heterocycles. The predicted molar refractivity (Wildman–Crippen MR) is 121 cm³/mol. The van der Waals surface area contributed by atoms with Crippen LogP contribution in [0.4, 0.5) is 11.4 Å². The van der Waals surface area contributed by atoms with Crippen LogP contribution >= 0.6 is 0 Å². The van der Waals surface area contributed by atoms with Crippen LogP contribution in [-0.2, 0) is 11.2 Å². The zero-order valence-electron chi connectivity index (χ0n) is 17.4. The molecule has 4 heteroatoms. The highest BCUT2D eigenvalue weighted by Crippen LogP contribution is 2.26. The number of anilines is 2. The van der Waals surface area contributed by atoms with E-state index >= 15 is 0 Å². The fourth-order valence-electron chi connectivity index (χ4n) is 4.75. The van der Waals surface area contributed by atoms with Crippen LogP contribution in [0.1, 0.15) is 31.2 Å². The molecule has 0 spiro atoms. The Bertz CT molecular complexity index is 755. The van der Waals surface area contributed by atoms with Crippen molar-refractivity contribution in [2.24, 2.45) is 0 Å². The summed E-state index contributed by atoms with van der Waals surface area (Å²) in [6.45, 7) is 6.29. The van der Waals surface area contributed by atoms with Crippen molar-refractivity contribution in [1.82, 2.24) is 4.90 Å². The third kappa shape index (κ3) is 5.18. The summed E-state index contributed by atoms with van der Waals surface area (Å²) in [6, 6.07) is 20.4. The summed E-state index contributed by atoms with van der Waals surface area (Å²) in [5.41, 5.74) is 4.05. The number of rotatable bonds is 7. The van der Waals surface area contributed by atoms with E-state index in [9.17, 15) is 4.79 Å². The summed E-state index contributed by atoms with van der Waals surface area (Å²) in [4.78, 5) is 18.5. The van der Waals surface area contributed by atoms with Gasteiger partial charge in [-0.3, -0.25) is 4.90 Å². The zero-order valence-corrected chi connectivity index (χ0v) is 17.4. The molecule has 2 heterocycles. The van der Waals surface area contributed by atoms with Crippen molar-refractivity contribution in [2.75, 3.05) is 49.1 Å². The van der Waals surface area contributed by atoms with Crippen LogP contribution in [0.5, 0.6) is 0 Å². The van der Waals surface area contributed by atoms with E-state index in [0.717, 1.165) is 38.9 Å². The van der Waals surface area contributed by atoms with Crippen LogP contribution in [-0.4, -0.2) is 56.5 Å². The number of carbonyl (C=O) groups excluding carboxylic acids is 1. The molecule has 2 saturated heterocycles. The molecule has 2 aromatic rings. The number of aldehydes is 1. The molecule has 2 aliphatic rings. The second kappa shape index (κ2) is 9.93. The standard InChI is InChI=1S/C25H33N3O/c29-19-7-16-27-17-18-28(21-25(27)20-22-8-3-1-4-9-22)24-12-10-23(11-13-24)26-14-5-2-6-15-26/h1,3-4,8-13,19,25H,2,5-7,14-18,20-21H2. The molecule has 4 rings (SSSR count). The Hall–Kier alpha value is -2.33. The first-order chi connectivity index (χ1) is 14.3. The van der Waals surface area contributed by atoms with Crippen LogP contribution in [0, 0.1) is 0 Å². The molecule has 4 nitrogen and oxygen atoms in total. The van der Waals surface area contributed by atoms with Crippen molar-refractivity contribution in [3.05, 3.63) is 60.2 Å². The van der Waals surface area contributed by atoms with Crippen LogP contribution in [0.3, 0.4) is 0 Å². The Morgan fingerprint density at radius 2 is 1.48 bits per heavy atom.